The van der Waals surface area contributed by atoms with Gasteiger partial charge in [0.15, 0.2) is 5.75 Å². The zero-order valence-corrected chi connectivity index (χ0v) is 10.4. The molecule has 0 saturated heterocycles. The van der Waals surface area contributed by atoms with Gasteiger partial charge in [-0.3, -0.25) is 4.79 Å². The lowest BCUT2D eigenvalue weighted by Crippen LogP contribution is -2.14. The van der Waals surface area contributed by atoms with Gasteiger partial charge in [-0.2, -0.15) is 0 Å². The van der Waals surface area contributed by atoms with Crippen LogP contribution in [0.5, 0.6) is 5.75 Å². The third-order valence-electron chi connectivity index (χ3n) is 2.69. The van der Waals surface area contributed by atoms with Gasteiger partial charge in [-0.25, -0.2) is 8.78 Å². The van der Waals surface area contributed by atoms with Gasteiger partial charge in [0.1, 0.15) is 18.2 Å². The molecular formula is C14H12F2N2O2. The Kier molecular flexibility index (Phi) is 3.84. The summed E-state index contributed by atoms with van der Waals surface area (Å²) < 4.78 is 31.8. The molecule has 104 valence electrons. The van der Waals surface area contributed by atoms with Crippen LogP contribution in [0.2, 0.25) is 0 Å². The first-order valence-electron chi connectivity index (χ1n) is 5.74. The first-order chi connectivity index (χ1) is 9.49. The van der Waals surface area contributed by atoms with Crippen molar-refractivity contribution in [3.05, 3.63) is 59.2 Å². The predicted octanol–water partition coefficient (Wildman–Crippen LogP) is 2.22. The monoisotopic (exact) mass is 278 g/mol. The summed E-state index contributed by atoms with van der Waals surface area (Å²) in [4.78, 5) is 11.3. The van der Waals surface area contributed by atoms with Crippen molar-refractivity contribution in [3.8, 4) is 5.75 Å². The number of nitrogen functional groups attached to an aromatic ring is 1. The Morgan fingerprint density at radius 2 is 1.95 bits per heavy atom. The minimum Gasteiger partial charge on any atom is -0.486 e. The molecule has 4 N–H and O–H groups in total. The van der Waals surface area contributed by atoms with Gasteiger partial charge >= 0.3 is 0 Å². The topological polar surface area (TPSA) is 78.3 Å². The van der Waals surface area contributed by atoms with Gasteiger partial charge in [-0.1, -0.05) is 6.07 Å². The van der Waals surface area contributed by atoms with Crippen LogP contribution in [0, 0.1) is 11.6 Å². The van der Waals surface area contributed by atoms with E-state index in [1.807, 2.05) is 0 Å². The minimum atomic E-state index is -0.716. The van der Waals surface area contributed by atoms with Crippen LogP contribution in [0.1, 0.15) is 15.9 Å². The van der Waals surface area contributed by atoms with Crippen LogP contribution in [0.25, 0.3) is 0 Å². The Morgan fingerprint density at radius 3 is 2.65 bits per heavy atom. The van der Waals surface area contributed by atoms with E-state index in [-0.39, 0.29) is 29.2 Å². The van der Waals surface area contributed by atoms with Crippen molar-refractivity contribution in [1.29, 1.82) is 0 Å². The van der Waals surface area contributed by atoms with E-state index in [2.05, 4.69) is 0 Å². The van der Waals surface area contributed by atoms with E-state index in [9.17, 15) is 13.6 Å². The van der Waals surface area contributed by atoms with Crippen molar-refractivity contribution in [2.24, 2.45) is 5.73 Å². The lowest BCUT2D eigenvalue weighted by Gasteiger charge is -2.12. The molecule has 0 unspecified atom stereocenters. The SMILES string of the molecule is NC(=O)c1cccc(N)c1OCc1cc(F)ccc1F. The Balaban J connectivity index is 2.27. The van der Waals surface area contributed by atoms with E-state index in [0.29, 0.717) is 0 Å². The largest absolute Gasteiger partial charge is 0.486 e. The molecular weight excluding hydrogens is 266 g/mol. The second kappa shape index (κ2) is 5.56. The maximum Gasteiger partial charge on any atom is 0.252 e. The molecule has 6 heteroatoms. The average Bonchev–Trinajstić information content (AvgIpc) is 2.40. The highest BCUT2D eigenvalue weighted by atomic mass is 19.1. The van der Waals surface area contributed by atoms with Crippen LogP contribution >= 0.6 is 0 Å². The summed E-state index contributed by atoms with van der Waals surface area (Å²) in [6.45, 7) is -0.266. The van der Waals surface area contributed by atoms with Crippen LogP contribution < -0.4 is 16.2 Å². The number of halogens is 2. The van der Waals surface area contributed by atoms with Gasteiger partial charge in [0.2, 0.25) is 0 Å². The lowest BCUT2D eigenvalue weighted by molar-refractivity contribution is 0.0996. The summed E-state index contributed by atoms with van der Waals surface area (Å²) in [5.74, 6) is -1.85. The summed E-state index contributed by atoms with van der Waals surface area (Å²) >= 11 is 0. The van der Waals surface area contributed by atoms with E-state index >= 15 is 0 Å². The van der Waals surface area contributed by atoms with E-state index in [4.69, 9.17) is 16.2 Å². The molecule has 0 radical (unpaired) electrons. The molecule has 0 fully saturated rings. The summed E-state index contributed by atoms with van der Waals surface area (Å²) in [6, 6.07) is 7.52. The Bertz CT molecular complexity index is 660. The summed E-state index contributed by atoms with van der Waals surface area (Å²) in [5.41, 5.74) is 11.2. The Hall–Kier alpha value is -2.63. The number of amides is 1. The zero-order valence-electron chi connectivity index (χ0n) is 10.4. The van der Waals surface area contributed by atoms with Crippen LogP contribution in [0.3, 0.4) is 0 Å². The molecule has 0 bridgehead atoms. The van der Waals surface area contributed by atoms with Crippen LogP contribution in [0.4, 0.5) is 14.5 Å². The van der Waals surface area contributed by atoms with Gasteiger partial charge in [0.05, 0.1) is 11.3 Å². The highest BCUT2D eigenvalue weighted by molar-refractivity contribution is 5.97. The summed E-state index contributed by atoms with van der Waals surface area (Å²) in [6.07, 6.45) is 0. The number of hydrogen-bond acceptors (Lipinski definition) is 3. The fourth-order valence-electron chi connectivity index (χ4n) is 1.71. The van der Waals surface area contributed by atoms with Crippen LogP contribution in [-0.2, 0) is 6.61 Å². The quantitative estimate of drug-likeness (QED) is 0.842. The number of anilines is 1. The van der Waals surface area contributed by atoms with E-state index in [0.717, 1.165) is 18.2 Å². The van der Waals surface area contributed by atoms with Crippen molar-refractivity contribution in [1.82, 2.24) is 0 Å². The van der Waals surface area contributed by atoms with E-state index in [1.54, 1.807) is 6.07 Å². The van der Waals surface area contributed by atoms with Crippen molar-refractivity contribution in [2.45, 2.75) is 6.61 Å². The van der Waals surface area contributed by atoms with Crippen molar-refractivity contribution in [2.75, 3.05) is 5.73 Å². The molecule has 0 aliphatic heterocycles. The fraction of sp³-hybridized carbons (Fsp3) is 0.0714. The van der Waals surface area contributed by atoms with Crippen molar-refractivity contribution < 1.29 is 18.3 Å². The summed E-state index contributed by atoms with van der Waals surface area (Å²) in [5, 5.41) is 0. The molecule has 0 aliphatic rings. The van der Waals surface area contributed by atoms with Gasteiger partial charge in [0.25, 0.3) is 5.91 Å². The second-order valence-electron chi connectivity index (χ2n) is 4.11. The number of hydrogen-bond donors (Lipinski definition) is 2. The summed E-state index contributed by atoms with van der Waals surface area (Å²) in [7, 11) is 0. The molecule has 2 aromatic rings. The molecule has 0 aromatic heterocycles. The van der Waals surface area contributed by atoms with Gasteiger partial charge < -0.3 is 16.2 Å². The molecule has 0 heterocycles. The highest BCUT2D eigenvalue weighted by Crippen LogP contribution is 2.27. The maximum atomic E-state index is 13.5. The van der Waals surface area contributed by atoms with Gasteiger partial charge in [-0.05, 0) is 30.3 Å². The molecule has 2 aromatic carbocycles. The van der Waals surface area contributed by atoms with Crippen molar-refractivity contribution >= 4 is 11.6 Å². The molecule has 2 rings (SSSR count). The lowest BCUT2D eigenvalue weighted by atomic mass is 10.1. The smallest absolute Gasteiger partial charge is 0.252 e. The molecule has 20 heavy (non-hydrogen) atoms. The third kappa shape index (κ3) is 2.85. The number of ether oxygens (including phenoxy) is 1. The minimum absolute atomic E-state index is 0.0173. The first kappa shape index (κ1) is 13.8. The molecule has 1 amide bonds. The molecule has 0 aliphatic carbocycles. The molecule has 0 spiro atoms. The Labute approximate surface area is 114 Å². The number of benzene rings is 2. The van der Waals surface area contributed by atoms with Crippen LogP contribution in [-0.4, -0.2) is 5.91 Å². The zero-order chi connectivity index (χ0) is 14.7. The Morgan fingerprint density at radius 1 is 1.20 bits per heavy atom. The number of primary amides is 1. The first-order valence-corrected chi connectivity index (χ1v) is 5.74. The molecule has 0 atom stereocenters. The van der Waals surface area contributed by atoms with E-state index < -0.39 is 17.5 Å². The average molecular weight is 278 g/mol. The van der Waals surface area contributed by atoms with Gasteiger partial charge in [0, 0.05) is 5.56 Å². The standard InChI is InChI=1S/C14H12F2N2O2/c15-9-4-5-11(16)8(6-9)7-20-13-10(14(18)19)2-1-3-12(13)17/h1-6H,7,17H2,(H2,18,19). The number of nitrogens with two attached hydrogens (primary N) is 2. The molecule has 0 saturated carbocycles. The number of para-hydroxylation sites is 1. The van der Waals surface area contributed by atoms with Crippen molar-refractivity contribution in [3.63, 3.8) is 0 Å². The predicted molar refractivity (Wildman–Crippen MR) is 70.1 cm³/mol. The second-order valence-corrected chi connectivity index (χ2v) is 4.11. The number of rotatable bonds is 4. The highest BCUT2D eigenvalue weighted by Gasteiger charge is 2.13. The number of carbonyl (C=O) groups excluding carboxylic acids is 1. The number of carbonyl (C=O) groups is 1. The third-order valence-corrected chi connectivity index (χ3v) is 2.69. The van der Waals surface area contributed by atoms with E-state index in [1.165, 1.54) is 12.1 Å². The maximum absolute atomic E-state index is 13.5. The molecule has 4 nitrogen and oxygen atoms in total. The van der Waals surface area contributed by atoms with Crippen LogP contribution in [0.15, 0.2) is 36.4 Å². The fourth-order valence-corrected chi connectivity index (χ4v) is 1.71. The normalized spacial score (nSPS) is 10.3. The van der Waals surface area contributed by atoms with Gasteiger partial charge in [-0.15, -0.1) is 0 Å².